The molecular weight excluding hydrogens is 180 g/mol. The van der Waals surface area contributed by atoms with Crippen molar-refractivity contribution in [3.8, 4) is 0 Å². The Morgan fingerprint density at radius 3 is 2.86 bits per heavy atom. The predicted molar refractivity (Wildman–Crippen MR) is 51.1 cm³/mol. The molecule has 0 spiro atoms. The summed E-state index contributed by atoms with van der Waals surface area (Å²) < 4.78 is 4.59. The first-order valence-electron chi connectivity index (χ1n) is 4.68. The van der Waals surface area contributed by atoms with Gasteiger partial charge in [-0.05, 0) is 11.8 Å². The number of ether oxygens (including phenoxy) is 1. The molecule has 1 unspecified atom stereocenters. The highest BCUT2D eigenvalue weighted by Gasteiger charge is 2.48. The van der Waals surface area contributed by atoms with Crippen molar-refractivity contribution in [2.75, 3.05) is 7.11 Å². The number of carbonyl (C=O) groups excluding carboxylic acids is 1. The van der Waals surface area contributed by atoms with Gasteiger partial charge in [0.15, 0.2) is 0 Å². The van der Waals surface area contributed by atoms with E-state index >= 15 is 0 Å². The molecular formula is C10H14N2O2. The largest absolute Gasteiger partial charge is 0.464 e. The van der Waals surface area contributed by atoms with E-state index < -0.39 is 0 Å². The average molecular weight is 194 g/mol. The van der Waals surface area contributed by atoms with Crippen LogP contribution in [-0.2, 0) is 4.74 Å². The van der Waals surface area contributed by atoms with Crippen LogP contribution in [0.2, 0.25) is 0 Å². The maximum atomic E-state index is 11.1. The zero-order valence-corrected chi connectivity index (χ0v) is 8.63. The van der Waals surface area contributed by atoms with Crippen molar-refractivity contribution in [2.45, 2.75) is 26.2 Å². The van der Waals surface area contributed by atoms with Gasteiger partial charge in [-0.3, -0.25) is 0 Å². The summed E-state index contributed by atoms with van der Waals surface area (Å²) in [6.45, 7) is 4.38. The average Bonchev–Trinajstić information content (AvgIpc) is 2.64. The first-order valence-corrected chi connectivity index (χ1v) is 4.68. The number of rotatable bonds is 2. The monoisotopic (exact) mass is 194 g/mol. The third-order valence-electron chi connectivity index (χ3n) is 2.84. The summed E-state index contributed by atoms with van der Waals surface area (Å²) in [5.41, 5.74) is 0.760. The van der Waals surface area contributed by atoms with E-state index in [9.17, 15) is 4.79 Å². The Bertz CT molecular complexity index is 368. The maximum absolute atomic E-state index is 11.1. The minimum Gasteiger partial charge on any atom is -0.464 e. The lowest BCUT2D eigenvalue weighted by molar-refractivity contribution is 0.0594. The topological polar surface area (TPSA) is 55.0 Å². The van der Waals surface area contributed by atoms with E-state index in [1.165, 1.54) is 13.3 Å². The van der Waals surface area contributed by atoms with Crippen LogP contribution in [0, 0.1) is 5.41 Å². The zero-order valence-electron chi connectivity index (χ0n) is 8.63. The number of nitrogens with zero attached hydrogens (tertiary/aromatic N) is 1. The molecule has 0 aromatic carbocycles. The zero-order chi connectivity index (χ0) is 10.3. The Balaban J connectivity index is 2.15. The minimum absolute atomic E-state index is 0.325. The summed E-state index contributed by atoms with van der Waals surface area (Å²) in [6, 6.07) is 0. The van der Waals surface area contributed by atoms with Gasteiger partial charge in [0.2, 0.25) is 0 Å². The van der Waals surface area contributed by atoms with Gasteiger partial charge in [0.25, 0.3) is 0 Å². The Labute approximate surface area is 82.7 Å². The molecule has 1 aliphatic rings. The number of imidazole rings is 1. The molecule has 0 aliphatic heterocycles. The van der Waals surface area contributed by atoms with Gasteiger partial charge in [-0.15, -0.1) is 0 Å². The van der Waals surface area contributed by atoms with E-state index in [-0.39, 0.29) is 5.97 Å². The lowest BCUT2D eigenvalue weighted by Crippen LogP contribution is -2.01. The van der Waals surface area contributed by atoms with Crippen molar-refractivity contribution in [1.29, 1.82) is 0 Å². The van der Waals surface area contributed by atoms with Crippen LogP contribution in [0.5, 0.6) is 0 Å². The SMILES string of the molecule is COC(=O)c1cnc(C2CC2(C)C)[nH]1. The second kappa shape index (κ2) is 2.83. The van der Waals surface area contributed by atoms with Gasteiger partial charge in [-0.25, -0.2) is 9.78 Å². The predicted octanol–water partition coefficient (Wildman–Crippen LogP) is 1.71. The van der Waals surface area contributed by atoms with Gasteiger partial charge in [0.1, 0.15) is 11.5 Å². The molecule has 1 aliphatic carbocycles. The van der Waals surface area contributed by atoms with Gasteiger partial charge < -0.3 is 9.72 Å². The van der Waals surface area contributed by atoms with Crippen molar-refractivity contribution in [2.24, 2.45) is 5.41 Å². The van der Waals surface area contributed by atoms with Gasteiger partial charge in [-0.1, -0.05) is 13.8 Å². The number of aromatic amines is 1. The van der Waals surface area contributed by atoms with E-state index in [0.717, 1.165) is 12.2 Å². The van der Waals surface area contributed by atoms with Gasteiger partial charge >= 0.3 is 5.97 Å². The Morgan fingerprint density at radius 2 is 2.36 bits per heavy atom. The van der Waals surface area contributed by atoms with Crippen molar-refractivity contribution >= 4 is 5.97 Å². The number of carbonyl (C=O) groups is 1. The molecule has 4 heteroatoms. The van der Waals surface area contributed by atoms with E-state index in [1.54, 1.807) is 0 Å². The van der Waals surface area contributed by atoms with Gasteiger partial charge in [-0.2, -0.15) is 0 Å². The molecule has 0 radical (unpaired) electrons. The maximum Gasteiger partial charge on any atom is 0.356 e. The number of hydrogen-bond acceptors (Lipinski definition) is 3. The highest BCUT2D eigenvalue weighted by Crippen LogP contribution is 2.57. The number of H-pyrrole nitrogens is 1. The Hall–Kier alpha value is -1.32. The molecule has 0 amide bonds. The fraction of sp³-hybridized carbons (Fsp3) is 0.600. The molecule has 1 heterocycles. The van der Waals surface area contributed by atoms with Crippen molar-refractivity contribution in [3.05, 3.63) is 17.7 Å². The van der Waals surface area contributed by atoms with Gasteiger partial charge in [0, 0.05) is 5.92 Å². The quantitative estimate of drug-likeness (QED) is 0.729. The molecule has 1 aromatic rings. The van der Waals surface area contributed by atoms with Crippen LogP contribution in [0.3, 0.4) is 0 Å². The van der Waals surface area contributed by atoms with Crippen molar-refractivity contribution in [3.63, 3.8) is 0 Å². The molecule has 76 valence electrons. The molecule has 1 saturated carbocycles. The number of hydrogen-bond donors (Lipinski definition) is 1. The highest BCUT2D eigenvalue weighted by atomic mass is 16.5. The van der Waals surface area contributed by atoms with E-state index in [4.69, 9.17) is 0 Å². The third-order valence-corrected chi connectivity index (χ3v) is 2.84. The van der Waals surface area contributed by atoms with Gasteiger partial charge in [0.05, 0.1) is 13.3 Å². The van der Waals surface area contributed by atoms with E-state index in [2.05, 4.69) is 28.6 Å². The van der Waals surface area contributed by atoms with E-state index in [0.29, 0.717) is 17.0 Å². The Kier molecular flexibility index (Phi) is 1.87. The molecule has 1 N–H and O–H groups in total. The normalized spacial score (nSPS) is 23.2. The fourth-order valence-electron chi connectivity index (χ4n) is 1.66. The van der Waals surface area contributed by atoms with Crippen molar-refractivity contribution in [1.82, 2.24) is 9.97 Å². The van der Waals surface area contributed by atoms with Crippen LogP contribution < -0.4 is 0 Å². The molecule has 0 bridgehead atoms. The molecule has 0 saturated heterocycles. The molecule has 1 aromatic heterocycles. The Morgan fingerprint density at radius 1 is 1.71 bits per heavy atom. The summed E-state index contributed by atoms with van der Waals surface area (Å²) in [5.74, 6) is 0.999. The van der Waals surface area contributed by atoms with Crippen LogP contribution in [-0.4, -0.2) is 23.0 Å². The standard InChI is InChI=1S/C10H14N2O2/c1-10(2)4-6(10)8-11-5-7(12-8)9(13)14-3/h5-6H,4H2,1-3H3,(H,11,12). The number of esters is 1. The van der Waals surface area contributed by atoms with Crippen LogP contribution in [0.4, 0.5) is 0 Å². The molecule has 4 nitrogen and oxygen atoms in total. The summed E-state index contributed by atoms with van der Waals surface area (Å²) in [7, 11) is 1.36. The molecule has 14 heavy (non-hydrogen) atoms. The van der Waals surface area contributed by atoms with E-state index in [1.807, 2.05) is 0 Å². The number of methoxy groups -OCH3 is 1. The van der Waals surface area contributed by atoms with Crippen molar-refractivity contribution < 1.29 is 9.53 Å². The third kappa shape index (κ3) is 1.41. The first-order chi connectivity index (χ1) is 6.54. The summed E-state index contributed by atoms with van der Waals surface area (Å²) in [4.78, 5) is 18.3. The number of nitrogens with one attached hydrogen (secondary N) is 1. The smallest absolute Gasteiger partial charge is 0.356 e. The first kappa shape index (κ1) is 9.24. The van der Waals surface area contributed by atoms with Crippen LogP contribution in [0.15, 0.2) is 6.20 Å². The van der Waals surface area contributed by atoms with Crippen LogP contribution >= 0.6 is 0 Å². The highest BCUT2D eigenvalue weighted by molar-refractivity contribution is 5.86. The lowest BCUT2D eigenvalue weighted by atomic mass is 10.1. The summed E-state index contributed by atoms with van der Waals surface area (Å²) in [6.07, 6.45) is 2.66. The second-order valence-electron chi connectivity index (χ2n) is 4.42. The lowest BCUT2D eigenvalue weighted by Gasteiger charge is -1.98. The fourth-order valence-corrected chi connectivity index (χ4v) is 1.66. The summed E-state index contributed by atoms with van der Waals surface area (Å²) >= 11 is 0. The molecule has 1 fully saturated rings. The number of aromatic nitrogens is 2. The second-order valence-corrected chi connectivity index (χ2v) is 4.42. The molecule has 2 rings (SSSR count). The summed E-state index contributed by atoms with van der Waals surface area (Å²) in [5, 5.41) is 0. The van der Waals surface area contributed by atoms with Crippen LogP contribution in [0.25, 0.3) is 0 Å². The molecule has 1 atom stereocenters. The minimum atomic E-state index is -0.359. The van der Waals surface area contributed by atoms with Crippen LogP contribution in [0.1, 0.15) is 42.5 Å².